The normalized spacial score (nSPS) is 14.8. The van der Waals surface area contributed by atoms with Crippen LogP contribution in [-0.4, -0.2) is 40.2 Å². The second-order valence-corrected chi connectivity index (χ2v) is 7.98. The Kier molecular flexibility index (Phi) is 6.20. The molecular weight excluding hydrogens is 452 g/mol. The zero-order valence-corrected chi connectivity index (χ0v) is 18.6. The van der Waals surface area contributed by atoms with Crippen LogP contribution in [-0.2, 0) is 9.59 Å². The summed E-state index contributed by atoms with van der Waals surface area (Å²) in [4.78, 5) is 32.4. The van der Waals surface area contributed by atoms with Gasteiger partial charge in [-0.3, -0.25) is 25.0 Å². The lowest BCUT2D eigenvalue weighted by Crippen LogP contribution is -2.24. The van der Waals surface area contributed by atoms with Crippen molar-refractivity contribution >= 4 is 17.8 Å². The molecular formula is C25H22N4O6. The van der Waals surface area contributed by atoms with Gasteiger partial charge in [-0.1, -0.05) is 12.1 Å². The summed E-state index contributed by atoms with van der Waals surface area (Å²) in [6.45, 7) is 0. The van der Waals surface area contributed by atoms with Crippen molar-refractivity contribution in [2.24, 2.45) is 15.7 Å². The number of methoxy groups -OCH3 is 1. The summed E-state index contributed by atoms with van der Waals surface area (Å²) in [5.74, 6) is -3.71. The van der Waals surface area contributed by atoms with E-state index in [1.165, 1.54) is 19.2 Å². The van der Waals surface area contributed by atoms with Gasteiger partial charge in [0.1, 0.15) is 17.3 Å². The number of aromatic hydroxyl groups is 1. The Hall–Kier alpha value is -4.73. The fraction of sp³-hybridized carbons (Fsp3) is 0.160. The molecule has 0 amide bonds. The number of hydrogen-bond acceptors (Lipinski definition) is 7. The molecule has 10 nitrogen and oxygen atoms in total. The monoisotopic (exact) mass is 474 g/mol. The highest BCUT2D eigenvalue weighted by Gasteiger charge is 2.28. The van der Waals surface area contributed by atoms with Crippen LogP contribution in [0.5, 0.6) is 11.5 Å². The first-order valence-corrected chi connectivity index (χ1v) is 10.5. The molecule has 0 saturated carbocycles. The molecule has 0 spiro atoms. The number of ether oxygens (including phenoxy) is 1. The van der Waals surface area contributed by atoms with E-state index in [-0.39, 0.29) is 22.7 Å². The molecule has 2 unspecified atom stereocenters. The second-order valence-electron chi connectivity index (χ2n) is 7.98. The molecule has 0 radical (unpaired) electrons. The highest BCUT2D eigenvalue weighted by atomic mass is 16.5. The number of phenolic OH excluding ortho intramolecular Hbond substituents is 1. The summed E-state index contributed by atoms with van der Waals surface area (Å²) in [5, 5.41) is 38.9. The highest BCUT2D eigenvalue weighted by molar-refractivity contribution is 5.94. The second kappa shape index (κ2) is 9.26. The smallest absolute Gasteiger partial charge is 0.311 e. The maximum Gasteiger partial charge on any atom is 0.311 e. The number of rotatable bonds is 8. The minimum absolute atomic E-state index is 0.130. The molecule has 1 heterocycles. The quantitative estimate of drug-likeness (QED) is 0.244. The van der Waals surface area contributed by atoms with Crippen molar-refractivity contribution in [2.75, 3.05) is 7.11 Å². The van der Waals surface area contributed by atoms with E-state index in [9.17, 15) is 24.9 Å². The van der Waals surface area contributed by atoms with Gasteiger partial charge in [-0.15, -0.1) is 0 Å². The lowest BCUT2D eigenvalue weighted by atomic mass is 9.89. The number of aliphatic carboxylic acids is 2. The summed E-state index contributed by atoms with van der Waals surface area (Å²) >= 11 is 0. The molecule has 178 valence electrons. The average Bonchev–Trinajstić information content (AvgIpc) is 3.25. The molecule has 0 aromatic heterocycles. The van der Waals surface area contributed by atoms with Crippen molar-refractivity contribution < 1.29 is 29.6 Å². The predicted octanol–water partition coefficient (Wildman–Crippen LogP) is 1.95. The van der Waals surface area contributed by atoms with Crippen LogP contribution in [0.4, 0.5) is 0 Å². The number of carbonyl (C=O) groups is 2. The highest BCUT2D eigenvalue weighted by Crippen LogP contribution is 2.41. The maximum absolute atomic E-state index is 12.0. The van der Waals surface area contributed by atoms with Crippen molar-refractivity contribution in [1.29, 1.82) is 5.41 Å². The summed E-state index contributed by atoms with van der Waals surface area (Å²) in [5.41, 5.74) is 7.27. The van der Waals surface area contributed by atoms with Gasteiger partial charge in [-0.2, -0.15) is 0 Å². The van der Waals surface area contributed by atoms with E-state index in [2.05, 4.69) is 9.98 Å². The molecule has 2 atom stereocenters. The van der Waals surface area contributed by atoms with Crippen LogP contribution < -0.4 is 21.2 Å². The molecule has 35 heavy (non-hydrogen) atoms. The van der Waals surface area contributed by atoms with Gasteiger partial charge in [-0.05, 0) is 53.6 Å². The number of fused-ring (bicyclic) bond motifs is 1. The molecule has 3 aromatic carbocycles. The first kappa shape index (κ1) is 23.4. The van der Waals surface area contributed by atoms with Crippen LogP contribution in [0.1, 0.15) is 35.2 Å². The van der Waals surface area contributed by atoms with Crippen LogP contribution in [0.15, 0.2) is 64.6 Å². The average molecular weight is 474 g/mol. The maximum atomic E-state index is 12.0. The Bertz CT molecular complexity index is 1480. The standard InChI is InChI=1S/C25H22N4O6/c1-35-15-4-2-3-12(7-15)16-8-14(17(25(33)34)11-21(30)31)9-18(22(16)32)24-28-19-6-5-13(23(26)27)10-20(19)29-24/h2-10,17,24,32H,11H2,1H3,(H3,26,27)(H,30,31)(H,33,34). The molecule has 1 aliphatic heterocycles. The first-order valence-electron chi connectivity index (χ1n) is 10.5. The van der Waals surface area contributed by atoms with Gasteiger partial charge < -0.3 is 25.8 Å². The van der Waals surface area contributed by atoms with Gasteiger partial charge in [0.05, 0.1) is 30.2 Å². The Balaban J connectivity index is 1.93. The topological polar surface area (TPSA) is 179 Å². The third-order valence-electron chi connectivity index (χ3n) is 5.71. The summed E-state index contributed by atoms with van der Waals surface area (Å²) < 4.78 is 5.27. The predicted molar refractivity (Wildman–Crippen MR) is 125 cm³/mol. The van der Waals surface area contributed by atoms with Gasteiger partial charge in [0.15, 0.2) is 6.17 Å². The van der Waals surface area contributed by atoms with Gasteiger partial charge in [-0.25, -0.2) is 0 Å². The number of amidine groups is 1. The van der Waals surface area contributed by atoms with Crippen LogP contribution in [0.3, 0.4) is 0 Å². The Labute approximate surface area is 199 Å². The van der Waals surface area contributed by atoms with E-state index in [4.69, 9.17) is 15.9 Å². The molecule has 4 rings (SSSR count). The molecule has 0 fully saturated rings. The van der Waals surface area contributed by atoms with Crippen LogP contribution in [0.2, 0.25) is 0 Å². The number of nitrogens with one attached hydrogen (secondary N) is 1. The van der Waals surface area contributed by atoms with E-state index in [1.54, 1.807) is 42.5 Å². The van der Waals surface area contributed by atoms with Crippen molar-refractivity contribution in [3.63, 3.8) is 0 Å². The number of nitrogens with zero attached hydrogens (tertiary/aromatic N) is 2. The number of carboxylic acids is 2. The number of carboxylic acid groups (broad SMARTS) is 2. The van der Waals surface area contributed by atoms with Crippen molar-refractivity contribution in [3.05, 3.63) is 82.0 Å². The summed E-state index contributed by atoms with van der Waals surface area (Å²) in [7, 11) is 1.50. The minimum atomic E-state index is -1.36. The largest absolute Gasteiger partial charge is 0.507 e. The van der Waals surface area contributed by atoms with Gasteiger partial charge in [0.25, 0.3) is 0 Å². The minimum Gasteiger partial charge on any atom is -0.507 e. The zero-order chi connectivity index (χ0) is 25.3. The van der Waals surface area contributed by atoms with Crippen molar-refractivity contribution in [2.45, 2.75) is 18.5 Å². The molecule has 1 aliphatic rings. The van der Waals surface area contributed by atoms with Crippen LogP contribution in [0.25, 0.3) is 11.1 Å². The number of nitrogen functional groups attached to an aromatic ring is 1. The molecule has 3 aromatic rings. The number of benzene rings is 3. The number of nitrogens with two attached hydrogens (primary N) is 1. The number of hydrogen-bond donors (Lipinski definition) is 5. The number of phenols is 1. The van der Waals surface area contributed by atoms with E-state index < -0.39 is 30.4 Å². The molecule has 6 N–H and O–H groups in total. The van der Waals surface area contributed by atoms with Crippen LogP contribution >= 0.6 is 0 Å². The molecule has 0 saturated heterocycles. The van der Waals surface area contributed by atoms with Crippen molar-refractivity contribution in [3.8, 4) is 22.6 Å². The Morgan fingerprint density at radius 3 is 2.49 bits per heavy atom. The molecule has 0 bridgehead atoms. The third-order valence-corrected chi connectivity index (χ3v) is 5.71. The van der Waals surface area contributed by atoms with Gasteiger partial charge in [0, 0.05) is 16.7 Å². The summed E-state index contributed by atoms with van der Waals surface area (Å²) in [6, 6.07) is 14.6. The van der Waals surface area contributed by atoms with Gasteiger partial charge in [0.2, 0.25) is 0 Å². The fourth-order valence-electron chi connectivity index (χ4n) is 3.95. The van der Waals surface area contributed by atoms with E-state index in [1.807, 2.05) is 0 Å². The SMILES string of the molecule is COc1cccc(-c2cc(C(CC(=O)O)C(=O)O)cc(C3N=c4ccc(C(=N)N)cc4=N3)c2O)c1. The molecule has 0 aliphatic carbocycles. The Morgan fingerprint density at radius 2 is 1.83 bits per heavy atom. The van der Waals surface area contributed by atoms with Gasteiger partial charge >= 0.3 is 11.9 Å². The third kappa shape index (κ3) is 4.67. The fourth-order valence-corrected chi connectivity index (χ4v) is 3.95. The van der Waals surface area contributed by atoms with E-state index in [0.29, 0.717) is 33.2 Å². The lowest BCUT2D eigenvalue weighted by molar-refractivity contribution is -0.145. The van der Waals surface area contributed by atoms with E-state index >= 15 is 0 Å². The van der Waals surface area contributed by atoms with Crippen LogP contribution in [0, 0.1) is 5.41 Å². The zero-order valence-electron chi connectivity index (χ0n) is 18.6. The lowest BCUT2D eigenvalue weighted by Gasteiger charge is -2.18. The Morgan fingerprint density at radius 1 is 1.09 bits per heavy atom. The first-order chi connectivity index (χ1) is 16.7. The summed E-state index contributed by atoms with van der Waals surface area (Å²) in [6.07, 6.45) is -1.55. The van der Waals surface area contributed by atoms with E-state index in [0.717, 1.165) is 0 Å². The molecule has 10 heteroatoms. The van der Waals surface area contributed by atoms with Crippen molar-refractivity contribution in [1.82, 2.24) is 0 Å².